The zero-order valence-electron chi connectivity index (χ0n) is 20.1. The van der Waals surface area contributed by atoms with E-state index in [-0.39, 0.29) is 23.9 Å². The molecule has 0 N–H and O–H groups in total. The predicted molar refractivity (Wildman–Crippen MR) is 130 cm³/mol. The summed E-state index contributed by atoms with van der Waals surface area (Å²) in [5.74, 6) is 3.50. The molecule has 2 aromatic rings. The Morgan fingerprint density at radius 1 is 0.941 bits per heavy atom. The first-order valence-corrected chi connectivity index (χ1v) is 13.6. The molecule has 1 aromatic heterocycles. The van der Waals surface area contributed by atoms with Crippen LogP contribution in [0.2, 0.25) is 0 Å². The smallest absolute Gasteiger partial charge is 0.362 e. The highest BCUT2D eigenvalue weighted by Crippen LogP contribution is 2.64. The van der Waals surface area contributed by atoms with Gasteiger partial charge in [0.05, 0.1) is 17.6 Å². The average Bonchev–Trinajstić information content (AvgIpc) is 2.79. The number of hydrogen-bond donors (Lipinski definition) is 0. The zero-order valence-corrected chi connectivity index (χ0v) is 20.1. The van der Waals surface area contributed by atoms with Gasteiger partial charge < -0.3 is 9.30 Å². The first-order chi connectivity index (χ1) is 16.6. The van der Waals surface area contributed by atoms with E-state index in [1.54, 1.807) is 6.92 Å². The topological polar surface area (TPSA) is 64.4 Å². The fraction of sp³-hybridized carbons (Fsp3) is 0.679. The second kappa shape index (κ2) is 7.91. The first-order valence-electron chi connectivity index (χ1n) is 13.6. The number of piperidine rings is 2. The third-order valence-electron chi connectivity index (χ3n) is 10.1. The molecule has 8 atom stereocenters. The molecular weight excluding hydrogens is 426 g/mol. The van der Waals surface area contributed by atoms with Crippen LogP contribution in [-0.2, 0) is 4.74 Å². The van der Waals surface area contributed by atoms with Gasteiger partial charge in [-0.25, -0.2) is 9.78 Å². The van der Waals surface area contributed by atoms with E-state index in [1.807, 2.05) is 28.8 Å². The Balaban J connectivity index is 1.22. The number of ether oxygens (including phenoxy) is 1. The first kappa shape index (κ1) is 21.1. The van der Waals surface area contributed by atoms with Gasteiger partial charge in [-0.2, -0.15) is 0 Å². The van der Waals surface area contributed by atoms with Crippen LogP contribution in [0.15, 0.2) is 29.1 Å². The van der Waals surface area contributed by atoms with Gasteiger partial charge in [0.2, 0.25) is 5.69 Å². The molecule has 7 rings (SSSR count). The summed E-state index contributed by atoms with van der Waals surface area (Å²) in [6.07, 6.45) is 11.5. The van der Waals surface area contributed by atoms with Crippen molar-refractivity contribution >= 4 is 17.0 Å². The number of esters is 1. The summed E-state index contributed by atoms with van der Waals surface area (Å²) in [6, 6.07) is 9.68. The van der Waals surface area contributed by atoms with Crippen LogP contribution in [0, 0.1) is 23.7 Å². The highest BCUT2D eigenvalue weighted by Gasteiger charge is 2.58. The zero-order chi connectivity index (χ0) is 23.0. The predicted octanol–water partition coefficient (Wildman–Crippen LogP) is 4.57. The van der Waals surface area contributed by atoms with Crippen LogP contribution in [0.5, 0.6) is 0 Å². The van der Waals surface area contributed by atoms with Crippen molar-refractivity contribution in [3.63, 3.8) is 0 Å². The standard InChI is InChI=1S/C28H35N3O3/c1-2-34-28(33)26-27(32)31(24-9-4-3-8-23(24)29-26)22-14-19-6-5-7-20(15-22)30(19)21-12-17-10-16-11-18(13-21)25(16)17/h3-4,8-9,16-22,25H,2,5-7,10-15H2,1H3/t16?,17-,18+,19-,20+,21?,22?,25?. The van der Waals surface area contributed by atoms with Crippen LogP contribution in [0.1, 0.15) is 81.2 Å². The van der Waals surface area contributed by atoms with Gasteiger partial charge in [0.25, 0.3) is 5.56 Å². The molecule has 0 radical (unpaired) electrons. The molecule has 3 heterocycles. The molecule has 2 saturated heterocycles. The van der Waals surface area contributed by atoms with Gasteiger partial charge in [-0.05, 0) is 94.1 Å². The Kier molecular flexibility index (Phi) is 4.91. The van der Waals surface area contributed by atoms with E-state index in [1.165, 1.54) is 44.9 Å². The Labute approximate surface area is 200 Å². The molecule has 34 heavy (non-hydrogen) atoms. The molecule has 1 aromatic carbocycles. The maximum Gasteiger partial charge on any atom is 0.362 e. The molecule has 4 unspecified atom stereocenters. The second-order valence-electron chi connectivity index (χ2n) is 11.6. The molecule has 3 saturated carbocycles. The van der Waals surface area contributed by atoms with Gasteiger partial charge in [-0.3, -0.25) is 9.69 Å². The summed E-state index contributed by atoms with van der Waals surface area (Å²) >= 11 is 0. The number of para-hydroxylation sites is 2. The highest BCUT2D eigenvalue weighted by molar-refractivity contribution is 5.89. The minimum absolute atomic E-state index is 0.0732. The Bertz CT molecular complexity index is 1160. The van der Waals surface area contributed by atoms with E-state index in [2.05, 4.69) is 9.88 Å². The molecule has 0 amide bonds. The van der Waals surface area contributed by atoms with E-state index in [9.17, 15) is 9.59 Å². The second-order valence-corrected chi connectivity index (χ2v) is 11.6. The fourth-order valence-corrected chi connectivity index (χ4v) is 8.86. The molecule has 5 aliphatic rings. The van der Waals surface area contributed by atoms with Crippen molar-refractivity contribution in [2.24, 2.45) is 23.7 Å². The minimum atomic E-state index is -0.610. The molecule has 0 spiro atoms. The summed E-state index contributed by atoms with van der Waals surface area (Å²) in [5.41, 5.74) is 1.17. The number of fused-ring (bicyclic) bond motifs is 3. The number of carbonyl (C=O) groups is 1. The summed E-state index contributed by atoms with van der Waals surface area (Å²) in [5, 5.41) is 0. The van der Waals surface area contributed by atoms with Crippen molar-refractivity contribution in [1.29, 1.82) is 0 Å². The minimum Gasteiger partial charge on any atom is -0.461 e. The number of benzene rings is 1. The van der Waals surface area contributed by atoms with Crippen LogP contribution < -0.4 is 5.56 Å². The molecule has 180 valence electrons. The number of nitrogens with zero attached hydrogens (tertiary/aromatic N) is 3. The van der Waals surface area contributed by atoms with Crippen molar-refractivity contribution in [3.8, 4) is 0 Å². The van der Waals surface area contributed by atoms with Gasteiger partial charge in [0.15, 0.2) is 0 Å². The van der Waals surface area contributed by atoms with Crippen molar-refractivity contribution in [1.82, 2.24) is 14.5 Å². The lowest BCUT2D eigenvalue weighted by molar-refractivity contribution is -0.159. The van der Waals surface area contributed by atoms with Gasteiger partial charge in [-0.1, -0.05) is 18.6 Å². The van der Waals surface area contributed by atoms with Gasteiger partial charge in [0, 0.05) is 24.2 Å². The van der Waals surface area contributed by atoms with Gasteiger partial charge >= 0.3 is 5.97 Å². The molecule has 5 fully saturated rings. The van der Waals surface area contributed by atoms with E-state index in [0.717, 1.165) is 48.1 Å². The lowest BCUT2D eigenvalue weighted by Crippen LogP contribution is -2.63. The summed E-state index contributed by atoms with van der Waals surface area (Å²) in [6.45, 7) is 2.00. The molecule has 2 bridgehead atoms. The Hall–Kier alpha value is -2.21. The highest BCUT2D eigenvalue weighted by atomic mass is 16.5. The van der Waals surface area contributed by atoms with Crippen molar-refractivity contribution in [2.45, 2.75) is 88.9 Å². The molecule has 3 aliphatic carbocycles. The summed E-state index contributed by atoms with van der Waals surface area (Å²) in [7, 11) is 0. The maximum atomic E-state index is 13.6. The fourth-order valence-electron chi connectivity index (χ4n) is 8.86. The Morgan fingerprint density at radius 3 is 2.29 bits per heavy atom. The number of carbonyl (C=O) groups excluding carboxylic acids is 1. The van der Waals surface area contributed by atoms with Crippen molar-refractivity contribution in [3.05, 3.63) is 40.3 Å². The van der Waals surface area contributed by atoms with Crippen LogP contribution in [0.4, 0.5) is 0 Å². The summed E-state index contributed by atoms with van der Waals surface area (Å²) < 4.78 is 7.09. The number of hydrogen-bond acceptors (Lipinski definition) is 5. The van der Waals surface area contributed by atoms with Crippen LogP contribution in [0.3, 0.4) is 0 Å². The normalized spacial score (nSPS) is 38.5. The third kappa shape index (κ3) is 3.06. The molecular formula is C28H35N3O3. The largest absolute Gasteiger partial charge is 0.461 e. The van der Waals surface area contributed by atoms with Crippen molar-refractivity contribution in [2.75, 3.05) is 6.61 Å². The SMILES string of the molecule is CCOC(=O)c1nc2ccccc2n(C2C[C@H]3CCC[C@@H](C2)N3C2C[C@H]3CC4C[C@@H](C2)C43)c1=O. The lowest BCUT2D eigenvalue weighted by atomic mass is 9.43. The monoisotopic (exact) mass is 461 g/mol. The average molecular weight is 462 g/mol. The third-order valence-corrected chi connectivity index (χ3v) is 10.1. The van der Waals surface area contributed by atoms with Crippen LogP contribution in [-0.4, -0.2) is 45.2 Å². The van der Waals surface area contributed by atoms with E-state index in [0.29, 0.717) is 17.6 Å². The number of rotatable bonds is 4. The maximum absolute atomic E-state index is 13.6. The Morgan fingerprint density at radius 2 is 1.62 bits per heavy atom. The summed E-state index contributed by atoms with van der Waals surface area (Å²) in [4.78, 5) is 33.6. The molecule has 6 heteroatoms. The molecule has 2 aliphatic heterocycles. The van der Waals surface area contributed by atoms with Crippen molar-refractivity contribution < 1.29 is 9.53 Å². The van der Waals surface area contributed by atoms with Crippen LogP contribution >= 0.6 is 0 Å². The van der Waals surface area contributed by atoms with Gasteiger partial charge in [0.1, 0.15) is 0 Å². The number of aromatic nitrogens is 2. The van der Waals surface area contributed by atoms with E-state index in [4.69, 9.17) is 4.74 Å². The van der Waals surface area contributed by atoms with Crippen LogP contribution in [0.25, 0.3) is 11.0 Å². The van der Waals surface area contributed by atoms with Gasteiger partial charge in [-0.15, -0.1) is 0 Å². The lowest BCUT2D eigenvalue weighted by Gasteiger charge is -2.66. The van der Waals surface area contributed by atoms with E-state index >= 15 is 0 Å². The quantitative estimate of drug-likeness (QED) is 0.625. The van der Waals surface area contributed by atoms with E-state index < -0.39 is 5.97 Å². The molecule has 6 nitrogen and oxygen atoms in total.